The normalized spacial score (nSPS) is 13.3. The number of hydrogen-bond donors (Lipinski definition) is 1. The van der Waals surface area contributed by atoms with Gasteiger partial charge in [0.15, 0.2) is 0 Å². The van der Waals surface area contributed by atoms with Crippen molar-refractivity contribution in [1.29, 1.82) is 0 Å². The molecule has 0 saturated carbocycles. The van der Waals surface area contributed by atoms with Crippen LogP contribution >= 0.6 is 11.3 Å². The molecule has 1 atom stereocenters. The summed E-state index contributed by atoms with van der Waals surface area (Å²) >= 11 is 1.75. The maximum Gasteiger partial charge on any atom is 0.0898 e. The van der Waals surface area contributed by atoms with Gasteiger partial charge < -0.3 is 5.32 Å². The van der Waals surface area contributed by atoms with Crippen LogP contribution < -0.4 is 5.32 Å². The minimum atomic E-state index is 0.451. The van der Waals surface area contributed by atoms with Crippen molar-refractivity contribution in [3.8, 4) is 0 Å². The Hall–Kier alpha value is -0.410. The highest BCUT2D eigenvalue weighted by atomic mass is 32.1. The first-order valence-corrected chi connectivity index (χ1v) is 7.16. The Labute approximate surface area is 103 Å². The largest absolute Gasteiger partial charge is 0.309 e. The van der Waals surface area contributed by atoms with Crippen LogP contribution in [0.5, 0.6) is 0 Å². The smallest absolute Gasteiger partial charge is 0.0898 e. The minimum absolute atomic E-state index is 0.451. The molecule has 0 saturated heterocycles. The molecule has 1 unspecified atom stereocenters. The zero-order valence-corrected chi connectivity index (χ0v) is 11.7. The third-order valence-electron chi connectivity index (χ3n) is 2.67. The summed E-state index contributed by atoms with van der Waals surface area (Å²) in [5, 5.41) is 6.97. The van der Waals surface area contributed by atoms with Gasteiger partial charge in [-0.05, 0) is 38.6 Å². The maximum atomic E-state index is 4.60. The molecule has 0 aromatic carbocycles. The van der Waals surface area contributed by atoms with Crippen LogP contribution in [0.3, 0.4) is 0 Å². The Bertz CT molecular complexity index is 294. The average molecular weight is 240 g/mol. The summed E-state index contributed by atoms with van der Waals surface area (Å²) in [6, 6.07) is 0.451. The lowest BCUT2D eigenvalue weighted by Crippen LogP contribution is -2.22. The predicted octanol–water partition coefficient (Wildman–Crippen LogP) is 3.93. The second-order valence-corrected chi connectivity index (χ2v) is 5.83. The molecule has 1 aromatic rings. The lowest BCUT2D eigenvalue weighted by molar-refractivity contribution is 0.435. The quantitative estimate of drug-likeness (QED) is 0.781. The van der Waals surface area contributed by atoms with E-state index in [4.69, 9.17) is 0 Å². The van der Waals surface area contributed by atoms with Crippen molar-refractivity contribution in [3.05, 3.63) is 16.1 Å². The van der Waals surface area contributed by atoms with Gasteiger partial charge >= 0.3 is 0 Å². The van der Waals surface area contributed by atoms with Crippen LogP contribution in [-0.2, 0) is 0 Å². The van der Waals surface area contributed by atoms with E-state index in [0.29, 0.717) is 6.04 Å². The Morgan fingerprint density at radius 1 is 1.38 bits per heavy atom. The van der Waals surface area contributed by atoms with Crippen molar-refractivity contribution >= 4 is 11.3 Å². The van der Waals surface area contributed by atoms with Crippen molar-refractivity contribution in [2.75, 3.05) is 6.54 Å². The first-order valence-electron chi connectivity index (χ1n) is 6.28. The van der Waals surface area contributed by atoms with E-state index in [2.05, 4.69) is 43.4 Å². The number of thiazole rings is 1. The lowest BCUT2D eigenvalue weighted by atomic mass is 10.0. The fourth-order valence-corrected chi connectivity index (χ4v) is 2.38. The van der Waals surface area contributed by atoms with E-state index in [-0.39, 0.29) is 0 Å². The van der Waals surface area contributed by atoms with Gasteiger partial charge in [0, 0.05) is 5.38 Å². The predicted molar refractivity (Wildman–Crippen MR) is 72.0 cm³/mol. The molecule has 0 amide bonds. The number of hydrogen-bond acceptors (Lipinski definition) is 3. The van der Waals surface area contributed by atoms with E-state index in [1.54, 1.807) is 11.3 Å². The molecule has 0 aliphatic carbocycles. The number of nitrogens with zero attached hydrogens (tertiary/aromatic N) is 1. The number of nitrogens with one attached hydrogen (secondary N) is 1. The van der Waals surface area contributed by atoms with Gasteiger partial charge in [0.25, 0.3) is 0 Å². The molecule has 3 heteroatoms. The Morgan fingerprint density at radius 3 is 2.62 bits per heavy atom. The lowest BCUT2D eigenvalue weighted by Gasteiger charge is -2.17. The summed E-state index contributed by atoms with van der Waals surface area (Å²) in [4.78, 5) is 4.60. The summed E-state index contributed by atoms with van der Waals surface area (Å²) in [6.07, 6.45) is 3.64. The Balaban J connectivity index is 2.55. The van der Waals surface area contributed by atoms with Crippen LogP contribution in [0, 0.1) is 12.8 Å². The number of aromatic nitrogens is 1. The van der Waals surface area contributed by atoms with E-state index >= 15 is 0 Å². The third-order valence-corrected chi connectivity index (χ3v) is 3.46. The molecule has 1 heterocycles. The molecular formula is C13H24N2S. The van der Waals surface area contributed by atoms with Gasteiger partial charge in [-0.25, -0.2) is 4.98 Å². The molecule has 1 rings (SSSR count). The Kier molecular flexibility index (Phi) is 5.99. The first-order chi connectivity index (χ1) is 7.63. The highest BCUT2D eigenvalue weighted by molar-refractivity contribution is 7.09. The van der Waals surface area contributed by atoms with E-state index in [0.717, 1.165) is 12.5 Å². The minimum Gasteiger partial charge on any atom is -0.309 e. The van der Waals surface area contributed by atoms with Crippen LogP contribution in [0.2, 0.25) is 0 Å². The summed E-state index contributed by atoms with van der Waals surface area (Å²) < 4.78 is 0. The topological polar surface area (TPSA) is 24.9 Å². The maximum absolute atomic E-state index is 4.60. The highest BCUT2D eigenvalue weighted by Crippen LogP contribution is 2.22. The standard InChI is InChI=1S/C13H24N2S/c1-5-8-14-12(7-6-10(2)3)13-9-16-11(4)15-13/h9-10,12,14H,5-8H2,1-4H3. The van der Waals surface area contributed by atoms with Gasteiger partial charge in [-0.3, -0.25) is 0 Å². The SMILES string of the molecule is CCCNC(CCC(C)C)c1csc(C)n1. The number of aryl methyl sites for hydroxylation is 1. The summed E-state index contributed by atoms with van der Waals surface area (Å²) in [5.74, 6) is 0.769. The van der Waals surface area contributed by atoms with E-state index in [1.807, 2.05) is 0 Å². The molecular weight excluding hydrogens is 216 g/mol. The molecule has 0 spiro atoms. The fraction of sp³-hybridized carbons (Fsp3) is 0.769. The molecule has 0 fully saturated rings. The summed E-state index contributed by atoms with van der Waals surface area (Å²) in [6.45, 7) is 9.93. The average Bonchev–Trinajstić information content (AvgIpc) is 2.64. The highest BCUT2D eigenvalue weighted by Gasteiger charge is 2.13. The second-order valence-electron chi connectivity index (χ2n) is 4.77. The second kappa shape index (κ2) is 7.02. The van der Waals surface area contributed by atoms with Crippen LogP contribution in [-0.4, -0.2) is 11.5 Å². The molecule has 2 nitrogen and oxygen atoms in total. The third kappa shape index (κ3) is 4.62. The zero-order chi connectivity index (χ0) is 12.0. The van der Waals surface area contributed by atoms with Crippen molar-refractivity contribution in [1.82, 2.24) is 10.3 Å². The molecule has 92 valence electrons. The zero-order valence-electron chi connectivity index (χ0n) is 10.9. The van der Waals surface area contributed by atoms with Crippen LogP contribution in [0.1, 0.15) is 56.8 Å². The van der Waals surface area contributed by atoms with Gasteiger partial charge in [-0.1, -0.05) is 20.8 Å². The van der Waals surface area contributed by atoms with E-state index < -0.39 is 0 Å². The Morgan fingerprint density at radius 2 is 2.12 bits per heavy atom. The molecule has 0 radical (unpaired) electrons. The molecule has 1 N–H and O–H groups in total. The van der Waals surface area contributed by atoms with Crippen LogP contribution in [0.4, 0.5) is 0 Å². The monoisotopic (exact) mass is 240 g/mol. The van der Waals surface area contributed by atoms with Crippen LogP contribution in [0.25, 0.3) is 0 Å². The molecule has 1 aromatic heterocycles. The van der Waals surface area contributed by atoms with Crippen molar-refractivity contribution in [3.63, 3.8) is 0 Å². The molecule has 0 bridgehead atoms. The van der Waals surface area contributed by atoms with E-state index in [9.17, 15) is 0 Å². The summed E-state index contributed by atoms with van der Waals surface area (Å²) in [5.41, 5.74) is 1.23. The number of rotatable bonds is 7. The van der Waals surface area contributed by atoms with Crippen molar-refractivity contribution < 1.29 is 0 Å². The molecule has 0 aliphatic rings. The fourth-order valence-electron chi connectivity index (χ4n) is 1.71. The summed E-state index contributed by atoms with van der Waals surface area (Å²) in [7, 11) is 0. The van der Waals surface area contributed by atoms with Gasteiger partial charge in [0.05, 0.1) is 16.7 Å². The van der Waals surface area contributed by atoms with Crippen LogP contribution in [0.15, 0.2) is 5.38 Å². The van der Waals surface area contributed by atoms with Gasteiger partial charge in [0.2, 0.25) is 0 Å². The van der Waals surface area contributed by atoms with Gasteiger partial charge in [-0.2, -0.15) is 0 Å². The van der Waals surface area contributed by atoms with Gasteiger partial charge in [-0.15, -0.1) is 11.3 Å². The van der Waals surface area contributed by atoms with Crippen molar-refractivity contribution in [2.24, 2.45) is 5.92 Å². The molecule has 16 heavy (non-hydrogen) atoms. The van der Waals surface area contributed by atoms with Gasteiger partial charge in [0.1, 0.15) is 0 Å². The van der Waals surface area contributed by atoms with Crippen molar-refractivity contribution in [2.45, 2.75) is 53.0 Å². The first kappa shape index (κ1) is 13.7. The molecule has 0 aliphatic heterocycles. The van der Waals surface area contributed by atoms with E-state index in [1.165, 1.54) is 30.0 Å².